The minimum absolute atomic E-state index is 0.0383. The lowest BCUT2D eigenvalue weighted by molar-refractivity contribution is 0.589. The lowest BCUT2D eigenvalue weighted by Gasteiger charge is -2.12. The summed E-state index contributed by atoms with van der Waals surface area (Å²) in [6.07, 6.45) is 2.10. The zero-order chi connectivity index (χ0) is 14.9. The van der Waals surface area contributed by atoms with Gasteiger partial charge in [-0.25, -0.2) is 17.2 Å². The number of nitrogens with one attached hydrogen (secondary N) is 1. The highest BCUT2D eigenvalue weighted by Gasteiger charge is 2.21. The fourth-order valence-electron chi connectivity index (χ4n) is 1.61. The highest BCUT2D eigenvalue weighted by atomic mass is 32.2. The number of benzene rings is 1. The molecule has 0 saturated heterocycles. The van der Waals surface area contributed by atoms with Gasteiger partial charge in [0.15, 0.2) is 5.82 Å². The highest BCUT2D eigenvalue weighted by molar-refractivity contribution is 7.92. The predicted molar refractivity (Wildman–Crippen MR) is 70.6 cm³/mol. The lowest BCUT2D eigenvalue weighted by atomic mass is 10.2. The van der Waals surface area contributed by atoms with Gasteiger partial charge in [-0.1, -0.05) is 0 Å². The molecule has 20 heavy (non-hydrogen) atoms. The van der Waals surface area contributed by atoms with Crippen molar-refractivity contribution in [2.24, 2.45) is 0 Å². The summed E-state index contributed by atoms with van der Waals surface area (Å²) in [6.45, 7) is 1.30. The van der Waals surface area contributed by atoms with Crippen molar-refractivity contribution < 1.29 is 17.2 Å². The van der Waals surface area contributed by atoms with Crippen LogP contribution in [0.2, 0.25) is 0 Å². The van der Waals surface area contributed by atoms with Gasteiger partial charge in [-0.3, -0.25) is 9.71 Å². The van der Waals surface area contributed by atoms with E-state index in [1.807, 2.05) is 4.72 Å². The molecular weight excluding hydrogens is 288 g/mol. The number of nitrogen functional groups attached to an aromatic ring is 1. The lowest BCUT2D eigenvalue weighted by Crippen LogP contribution is -2.16. The van der Waals surface area contributed by atoms with Crippen LogP contribution in [0, 0.1) is 18.6 Å². The molecule has 2 rings (SSSR count). The van der Waals surface area contributed by atoms with Crippen LogP contribution in [0.1, 0.15) is 5.56 Å². The van der Waals surface area contributed by atoms with Gasteiger partial charge in [0, 0.05) is 17.4 Å². The molecule has 0 spiro atoms. The van der Waals surface area contributed by atoms with E-state index in [0.29, 0.717) is 0 Å². The number of pyridine rings is 1. The molecule has 8 heteroatoms. The first-order valence-electron chi connectivity index (χ1n) is 5.49. The second kappa shape index (κ2) is 5.04. The van der Waals surface area contributed by atoms with Crippen LogP contribution < -0.4 is 10.5 Å². The predicted octanol–water partition coefficient (Wildman–Crippen LogP) is 2.05. The maximum Gasteiger partial charge on any atom is 0.262 e. The number of nitrogens with zero attached hydrogens (tertiary/aromatic N) is 1. The number of sulfonamides is 1. The smallest absolute Gasteiger partial charge is 0.262 e. The molecule has 2 aromatic rings. The Kier molecular flexibility index (Phi) is 3.58. The zero-order valence-electron chi connectivity index (χ0n) is 10.4. The Balaban J connectivity index is 2.49. The van der Waals surface area contributed by atoms with Crippen LogP contribution in [-0.2, 0) is 10.0 Å². The van der Waals surface area contributed by atoms with Gasteiger partial charge in [0.05, 0.1) is 16.8 Å². The van der Waals surface area contributed by atoms with E-state index in [2.05, 4.69) is 4.98 Å². The molecule has 5 nitrogen and oxygen atoms in total. The summed E-state index contributed by atoms with van der Waals surface area (Å²) < 4.78 is 53.3. The molecule has 0 fully saturated rings. The molecule has 0 amide bonds. The van der Waals surface area contributed by atoms with Gasteiger partial charge in [0.1, 0.15) is 5.82 Å². The third-order valence-electron chi connectivity index (χ3n) is 2.63. The van der Waals surface area contributed by atoms with Crippen LogP contribution in [0.5, 0.6) is 0 Å². The quantitative estimate of drug-likeness (QED) is 0.849. The molecule has 0 unspecified atom stereocenters. The summed E-state index contributed by atoms with van der Waals surface area (Å²) in [4.78, 5) is 3.16. The van der Waals surface area contributed by atoms with Gasteiger partial charge in [0.25, 0.3) is 10.0 Å². The molecule has 106 valence electrons. The number of hydrogen-bond donors (Lipinski definition) is 2. The number of aromatic nitrogens is 1. The Labute approximate surface area is 114 Å². The summed E-state index contributed by atoms with van der Waals surface area (Å²) in [5.74, 6) is -1.58. The molecule has 1 heterocycles. The second-order valence-electron chi connectivity index (χ2n) is 4.09. The van der Waals surface area contributed by atoms with Crippen molar-refractivity contribution in [3.8, 4) is 0 Å². The van der Waals surface area contributed by atoms with Crippen molar-refractivity contribution in [2.75, 3.05) is 10.5 Å². The van der Waals surface area contributed by atoms with Crippen LogP contribution in [-0.4, -0.2) is 13.4 Å². The molecule has 0 aliphatic carbocycles. The summed E-state index contributed by atoms with van der Waals surface area (Å²) in [5.41, 5.74) is 5.02. The zero-order valence-corrected chi connectivity index (χ0v) is 11.2. The Hall–Kier alpha value is -2.22. The number of anilines is 2. The van der Waals surface area contributed by atoms with Crippen LogP contribution in [0.25, 0.3) is 0 Å². The summed E-state index contributed by atoms with van der Waals surface area (Å²) >= 11 is 0. The molecule has 1 aromatic carbocycles. The SMILES string of the molecule is Cc1c(F)cc(N)cc1S(=O)(=O)Nc1ccncc1F. The van der Waals surface area contributed by atoms with Crippen LogP contribution in [0.4, 0.5) is 20.2 Å². The molecule has 0 saturated carbocycles. The fourth-order valence-corrected chi connectivity index (χ4v) is 2.97. The van der Waals surface area contributed by atoms with Crippen molar-refractivity contribution in [2.45, 2.75) is 11.8 Å². The number of halogens is 2. The van der Waals surface area contributed by atoms with Gasteiger partial charge < -0.3 is 5.73 Å². The van der Waals surface area contributed by atoms with Crippen LogP contribution in [0.3, 0.4) is 0 Å². The van der Waals surface area contributed by atoms with E-state index in [0.717, 1.165) is 24.4 Å². The molecule has 0 atom stereocenters. The third kappa shape index (κ3) is 2.69. The van der Waals surface area contributed by atoms with Crippen LogP contribution >= 0.6 is 0 Å². The van der Waals surface area contributed by atoms with E-state index in [-0.39, 0.29) is 21.8 Å². The van der Waals surface area contributed by atoms with Crippen LogP contribution in [0.15, 0.2) is 35.5 Å². The van der Waals surface area contributed by atoms with E-state index in [1.54, 1.807) is 0 Å². The van der Waals surface area contributed by atoms with Gasteiger partial charge in [-0.05, 0) is 25.1 Å². The third-order valence-corrected chi connectivity index (χ3v) is 4.12. The van der Waals surface area contributed by atoms with Gasteiger partial charge in [0.2, 0.25) is 0 Å². The summed E-state index contributed by atoms with van der Waals surface area (Å²) in [6, 6.07) is 3.28. The maximum absolute atomic E-state index is 13.5. The number of nitrogens with two attached hydrogens (primary N) is 1. The van der Waals surface area contributed by atoms with Crippen molar-refractivity contribution in [1.82, 2.24) is 4.98 Å². The van der Waals surface area contributed by atoms with E-state index in [4.69, 9.17) is 5.73 Å². The molecule has 0 aliphatic rings. The minimum atomic E-state index is -4.15. The standard InChI is InChI=1S/C12H11F2N3O2S/c1-7-9(13)4-8(15)5-12(7)20(18,19)17-11-2-3-16-6-10(11)14/h2-6H,15H2,1H3,(H,16,17). The Morgan fingerprint density at radius 1 is 1.25 bits per heavy atom. The topological polar surface area (TPSA) is 85.1 Å². The summed E-state index contributed by atoms with van der Waals surface area (Å²) in [5, 5.41) is 0. The normalized spacial score (nSPS) is 11.3. The maximum atomic E-state index is 13.5. The van der Waals surface area contributed by atoms with E-state index in [9.17, 15) is 17.2 Å². The van der Waals surface area contributed by atoms with Crippen molar-refractivity contribution in [3.63, 3.8) is 0 Å². The summed E-state index contributed by atoms with van der Waals surface area (Å²) in [7, 11) is -4.15. The monoisotopic (exact) mass is 299 g/mol. The molecule has 3 N–H and O–H groups in total. The Morgan fingerprint density at radius 3 is 2.60 bits per heavy atom. The first-order chi connectivity index (χ1) is 9.31. The van der Waals surface area contributed by atoms with Gasteiger partial charge in [-0.2, -0.15) is 0 Å². The first kappa shape index (κ1) is 14.2. The first-order valence-corrected chi connectivity index (χ1v) is 6.97. The number of hydrogen-bond acceptors (Lipinski definition) is 4. The largest absolute Gasteiger partial charge is 0.399 e. The molecule has 0 bridgehead atoms. The molecule has 0 radical (unpaired) electrons. The average molecular weight is 299 g/mol. The van der Waals surface area contributed by atoms with Crippen molar-refractivity contribution in [1.29, 1.82) is 0 Å². The Morgan fingerprint density at radius 2 is 1.95 bits per heavy atom. The molecule has 1 aromatic heterocycles. The Bertz CT molecular complexity index is 763. The highest BCUT2D eigenvalue weighted by Crippen LogP contribution is 2.24. The van der Waals surface area contributed by atoms with Crippen molar-refractivity contribution in [3.05, 3.63) is 47.8 Å². The van der Waals surface area contributed by atoms with E-state index >= 15 is 0 Å². The second-order valence-corrected chi connectivity index (χ2v) is 5.74. The minimum Gasteiger partial charge on any atom is -0.399 e. The van der Waals surface area contributed by atoms with Gasteiger partial charge >= 0.3 is 0 Å². The van der Waals surface area contributed by atoms with Gasteiger partial charge in [-0.15, -0.1) is 0 Å². The molecular formula is C12H11F2N3O2S. The van der Waals surface area contributed by atoms with E-state index in [1.165, 1.54) is 13.1 Å². The number of rotatable bonds is 3. The molecule has 0 aliphatic heterocycles. The van der Waals surface area contributed by atoms with Crippen molar-refractivity contribution >= 4 is 21.4 Å². The van der Waals surface area contributed by atoms with E-state index < -0.39 is 21.7 Å². The fraction of sp³-hybridized carbons (Fsp3) is 0.0833. The average Bonchev–Trinajstić information content (AvgIpc) is 2.36.